The Morgan fingerprint density at radius 1 is 1.50 bits per heavy atom. The molecule has 2 N–H and O–H groups in total. The molecule has 0 amide bonds. The molecule has 0 bridgehead atoms. The Hall–Kier alpha value is -2.44. The van der Waals surface area contributed by atoms with E-state index in [1.807, 2.05) is 6.07 Å². The maximum atomic E-state index is 10.9. The minimum Gasteiger partial charge on any atom is -0.469 e. The van der Waals surface area contributed by atoms with Crippen molar-refractivity contribution < 1.29 is 19.6 Å². The Morgan fingerprint density at radius 2 is 2.28 bits per heavy atom. The van der Waals surface area contributed by atoms with E-state index < -0.39 is 0 Å². The van der Waals surface area contributed by atoms with Crippen molar-refractivity contribution in [3.63, 3.8) is 0 Å². The number of esters is 1. The van der Waals surface area contributed by atoms with Gasteiger partial charge in [-0.1, -0.05) is 12.1 Å². The highest BCUT2D eigenvalue weighted by Crippen LogP contribution is 2.07. The van der Waals surface area contributed by atoms with E-state index in [9.17, 15) is 10.0 Å². The first-order chi connectivity index (χ1) is 8.70. The fraction of sp³-hybridized carbons (Fsp3) is 0.273. The number of carbonyl (C=O) groups excluding carboxylic acids is 1. The summed E-state index contributed by atoms with van der Waals surface area (Å²) in [5, 5.41) is 16.3. The van der Waals surface area contributed by atoms with Gasteiger partial charge in [0, 0.05) is 12.6 Å². The van der Waals surface area contributed by atoms with Crippen molar-refractivity contribution in [3.05, 3.63) is 24.3 Å². The number of rotatable bonds is 4. The molecule has 1 aromatic heterocycles. The number of anilines is 1. The van der Waals surface area contributed by atoms with Crippen LogP contribution in [0, 0.1) is 0 Å². The minimum atomic E-state index is -0.319. The number of aromatic nitrogens is 3. The Morgan fingerprint density at radius 3 is 3.06 bits per heavy atom. The van der Waals surface area contributed by atoms with Crippen molar-refractivity contribution in [1.82, 2.24) is 10.1 Å². The van der Waals surface area contributed by atoms with Crippen LogP contribution in [-0.4, -0.2) is 34.9 Å². The molecule has 0 fully saturated rings. The van der Waals surface area contributed by atoms with Gasteiger partial charge in [0.05, 0.1) is 18.6 Å². The Balaban J connectivity index is 2.12. The summed E-state index contributed by atoms with van der Waals surface area (Å²) in [5.41, 5.74) is 1.12. The fourth-order valence-electron chi connectivity index (χ4n) is 1.46. The molecule has 2 rings (SSSR count). The molecule has 0 spiro atoms. The Bertz CT molecular complexity index is 573. The van der Waals surface area contributed by atoms with E-state index >= 15 is 0 Å². The Labute approximate surface area is 103 Å². The van der Waals surface area contributed by atoms with Gasteiger partial charge >= 0.3 is 11.5 Å². The van der Waals surface area contributed by atoms with Crippen molar-refractivity contribution in [3.8, 4) is 0 Å². The molecule has 7 heteroatoms. The number of methoxy groups -OCH3 is 1. The van der Waals surface area contributed by atoms with Crippen LogP contribution in [0.2, 0.25) is 0 Å². The van der Waals surface area contributed by atoms with Gasteiger partial charge in [-0.25, -0.2) is 4.98 Å². The van der Waals surface area contributed by atoms with E-state index in [2.05, 4.69) is 20.1 Å². The summed E-state index contributed by atoms with van der Waals surface area (Å²) in [4.78, 5) is 15.9. The zero-order valence-electron chi connectivity index (χ0n) is 9.83. The lowest BCUT2D eigenvalue weighted by Crippen LogP contribution is -2.37. The minimum absolute atomic E-state index is 0.206. The van der Waals surface area contributed by atoms with Gasteiger partial charge in [-0.2, -0.15) is 0 Å². The van der Waals surface area contributed by atoms with Gasteiger partial charge in [-0.3, -0.25) is 10.0 Å². The third kappa shape index (κ3) is 2.62. The standard InChI is InChI=1S/C11H13N4O3/c1-18-10(16)6-7-12-11-13-8-4-2-3-5-9(8)15(17)14-11/h2-5H,6-7H2,1H3,(H2,12,13,14,17)/q+1. The van der Waals surface area contributed by atoms with E-state index in [4.69, 9.17) is 0 Å². The van der Waals surface area contributed by atoms with Gasteiger partial charge in [-0.15, -0.1) is 0 Å². The average Bonchev–Trinajstić information content (AvgIpc) is 2.38. The lowest BCUT2D eigenvalue weighted by molar-refractivity contribution is -0.928. The molecule has 1 heterocycles. The van der Waals surface area contributed by atoms with Gasteiger partial charge in [0.1, 0.15) is 10.4 Å². The summed E-state index contributed by atoms with van der Waals surface area (Å²) in [6.07, 6.45) is 0.206. The third-order valence-corrected chi connectivity index (χ3v) is 2.35. The maximum Gasteiger partial charge on any atom is 0.315 e. The summed E-state index contributed by atoms with van der Waals surface area (Å²) in [5.74, 6) is -0.0692. The van der Waals surface area contributed by atoms with Crippen molar-refractivity contribution in [2.45, 2.75) is 6.42 Å². The highest BCUT2D eigenvalue weighted by atomic mass is 16.5. The van der Waals surface area contributed by atoms with E-state index in [-0.39, 0.29) is 18.3 Å². The number of fused-ring (bicyclic) bond motifs is 1. The number of para-hydroxylation sites is 2. The van der Waals surface area contributed by atoms with Crippen LogP contribution >= 0.6 is 0 Å². The van der Waals surface area contributed by atoms with Gasteiger partial charge in [0.25, 0.3) is 5.95 Å². The summed E-state index contributed by atoms with van der Waals surface area (Å²) in [6, 6.07) is 7.05. The van der Waals surface area contributed by atoms with Crippen LogP contribution in [0.1, 0.15) is 6.42 Å². The molecule has 2 aromatic rings. The van der Waals surface area contributed by atoms with Crippen molar-refractivity contribution in [2.24, 2.45) is 0 Å². The fourth-order valence-corrected chi connectivity index (χ4v) is 1.46. The van der Waals surface area contributed by atoms with Crippen LogP contribution in [0.4, 0.5) is 5.95 Å². The van der Waals surface area contributed by atoms with Gasteiger partial charge < -0.3 is 10.1 Å². The average molecular weight is 249 g/mol. The molecule has 0 radical (unpaired) electrons. The molecule has 0 aliphatic carbocycles. The number of ether oxygens (including phenoxy) is 1. The molecule has 0 saturated carbocycles. The lowest BCUT2D eigenvalue weighted by Gasteiger charge is -2.01. The first-order valence-corrected chi connectivity index (χ1v) is 5.40. The molecular formula is C11H13N4O3+. The van der Waals surface area contributed by atoms with Crippen LogP contribution in [0.5, 0.6) is 0 Å². The van der Waals surface area contributed by atoms with Crippen molar-refractivity contribution in [1.29, 1.82) is 0 Å². The molecule has 1 aromatic carbocycles. The molecule has 0 aliphatic rings. The van der Waals surface area contributed by atoms with Crippen LogP contribution in [0.25, 0.3) is 11.0 Å². The smallest absolute Gasteiger partial charge is 0.315 e. The summed E-state index contributed by atoms with van der Waals surface area (Å²) >= 11 is 0. The number of nitrogens with one attached hydrogen (secondary N) is 1. The van der Waals surface area contributed by atoms with Crippen LogP contribution < -0.4 is 10.2 Å². The second kappa shape index (κ2) is 5.26. The van der Waals surface area contributed by atoms with Crippen LogP contribution in [-0.2, 0) is 9.53 Å². The monoisotopic (exact) mass is 249 g/mol. The van der Waals surface area contributed by atoms with Crippen LogP contribution in [0.3, 0.4) is 0 Å². The molecular weight excluding hydrogens is 236 g/mol. The Kier molecular flexibility index (Phi) is 3.52. The zero-order valence-corrected chi connectivity index (χ0v) is 9.83. The summed E-state index contributed by atoms with van der Waals surface area (Å²) < 4.78 is 4.51. The van der Waals surface area contributed by atoms with Crippen molar-refractivity contribution >= 4 is 23.0 Å². The largest absolute Gasteiger partial charge is 0.469 e. The number of carbonyl (C=O) groups is 1. The van der Waals surface area contributed by atoms with Crippen molar-refractivity contribution in [2.75, 3.05) is 19.0 Å². The predicted octanol–water partition coefficient (Wildman–Crippen LogP) is 0.130. The second-order valence-corrected chi connectivity index (χ2v) is 3.57. The van der Waals surface area contributed by atoms with E-state index in [1.165, 1.54) is 7.11 Å². The van der Waals surface area contributed by atoms with Gasteiger partial charge in [0.15, 0.2) is 0 Å². The zero-order chi connectivity index (χ0) is 13.0. The molecule has 0 saturated heterocycles. The molecule has 0 atom stereocenters. The number of nitrogens with zero attached hydrogens (tertiary/aromatic N) is 3. The predicted molar refractivity (Wildman–Crippen MR) is 62.0 cm³/mol. The van der Waals surface area contributed by atoms with Crippen LogP contribution in [0.15, 0.2) is 24.3 Å². The molecule has 18 heavy (non-hydrogen) atoms. The van der Waals surface area contributed by atoms with E-state index in [1.54, 1.807) is 18.2 Å². The highest BCUT2D eigenvalue weighted by Gasteiger charge is 2.13. The SMILES string of the molecule is COC(=O)CCNc1nc2ccccc2[n+](O)n1. The number of hydrogen-bond donors (Lipinski definition) is 2. The van der Waals surface area contributed by atoms with Gasteiger partial charge in [-0.05, 0) is 6.07 Å². The first-order valence-electron chi connectivity index (χ1n) is 5.40. The maximum absolute atomic E-state index is 10.9. The van der Waals surface area contributed by atoms with E-state index in [0.29, 0.717) is 17.6 Å². The molecule has 0 aliphatic heterocycles. The van der Waals surface area contributed by atoms with E-state index in [0.717, 1.165) is 4.85 Å². The lowest BCUT2D eigenvalue weighted by atomic mass is 10.3. The third-order valence-electron chi connectivity index (χ3n) is 2.35. The van der Waals surface area contributed by atoms with Gasteiger partial charge in [0.2, 0.25) is 0 Å². The number of hydrogen-bond acceptors (Lipinski definition) is 6. The second-order valence-electron chi connectivity index (χ2n) is 3.57. The highest BCUT2D eigenvalue weighted by molar-refractivity contribution is 5.71. The number of benzene rings is 1. The quantitative estimate of drug-likeness (QED) is 0.455. The normalized spacial score (nSPS) is 10.3. The topological polar surface area (TPSA) is 88.2 Å². The molecule has 0 unspecified atom stereocenters. The molecule has 94 valence electrons. The first kappa shape index (κ1) is 12.0. The molecule has 7 nitrogen and oxygen atoms in total. The summed E-state index contributed by atoms with van der Waals surface area (Å²) in [7, 11) is 1.33. The summed E-state index contributed by atoms with van der Waals surface area (Å²) in [6.45, 7) is 0.338.